The molecule has 0 radical (unpaired) electrons. The molecule has 0 aliphatic heterocycles. The van der Waals surface area contributed by atoms with Crippen LogP contribution in [0.1, 0.15) is 31.1 Å². The summed E-state index contributed by atoms with van der Waals surface area (Å²) in [6, 6.07) is -2.34. The zero-order valence-electron chi connectivity index (χ0n) is 12.8. The molecule has 1 aromatic rings. The molecule has 1 amide bonds. The van der Waals surface area contributed by atoms with Crippen LogP contribution in [-0.4, -0.2) is 23.9 Å². The maximum absolute atomic E-state index is 12.1. The van der Waals surface area contributed by atoms with Crippen LogP contribution >= 0.6 is 0 Å². The van der Waals surface area contributed by atoms with E-state index in [1.807, 2.05) is 0 Å². The second-order valence-electron chi connectivity index (χ2n) is 2.48. The monoisotopic (exact) mass is 182 g/mol. The molecule has 0 unspecified atom stereocenters. The fourth-order valence-corrected chi connectivity index (χ4v) is 1.03. The largest absolute Gasteiger partial charge is 0.339 e. The maximum Gasteiger partial charge on any atom is 0.253 e. The molecule has 0 N–H and O–H groups in total. The molecule has 0 aromatic heterocycles. The van der Waals surface area contributed by atoms with Crippen molar-refractivity contribution >= 4 is 5.91 Å². The van der Waals surface area contributed by atoms with E-state index in [-0.39, 0.29) is 5.56 Å². The van der Waals surface area contributed by atoms with Crippen molar-refractivity contribution in [3.05, 3.63) is 35.8 Å². The molecule has 13 heavy (non-hydrogen) atoms. The summed E-state index contributed by atoms with van der Waals surface area (Å²) in [5.74, 6) is -0.531. The molecule has 70 valence electrons. The summed E-state index contributed by atoms with van der Waals surface area (Å²) < 4.78 is 37.8. The quantitative estimate of drug-likeness (QED) is 0.701. The molecule has 0 bridgehead atoms. The van der Waals surface area contributed by atoms with Crippen LogP contribution < -0.4 is 0 Å². The molecule has 0 saturated carbocycles. The molecule has 0 saturated heterocycles. The third-order valence-electron chi connectivity index (χ3n) is 1.76. The van der Waals surface area contributed by atoms with E-state index in [0.29, 0.717) is 13.1 Å². The van der Waals surface area contributed by atoms with Crippen molar-refractivity contribution in [1.82, 2.24) is 4.90 Å². The molecule has 1 aromatic carbocycles. The Hall–Kier alpha value is -1.31. The lowest BCUT2D eigenvalue weighted by molar-refractivity contribution is 0.0773. The van der Waals surface area contributed by atoms with E-state index in [1.165, 1.54) is 4.90 Å². The van der Waals surface area contributed by atoms with Gasteiger partial charge in [0.15, 0.2) is 0 Å². The summed E-state index contributed by atoms with van der Waals surface area (Å²) >= 11 is 0. The number of hydrogen-bond acceptors (Lipinski definition) is 1. The molecule has 0 aliphatic rings. The van der Waals surface area contributed by atoms with Crippen molar-refractivity contribution in [2.45, 2.75) is 13.8 Å². The van der Waals surface area contributed by atoms with Gasteiger partial charge in [-0.1, -0.05) is 18.1 Å². The second kappa shape index (κ2) is 4.65. The van der Waals surface area contributed by atoms with Crippen LogP contribution in [0.3, 0.4) is 0 Å². The molecular weight excluding hydrogens is 162 g/mol. The molecule has 2 nitrogen and oxygen atoms in total. The van der Waals surface area contributed by atoms with Crippen LogP contribution in [0.15, 0.2) is 30.2 Å². The zero-order valence-corrected chi connectivity index (χ0v) is 7.77. The SMILES string of the molecule is [2H]c1c([2H])c([2H])c(C(=O)N(CC)CC)c([2H])c1[2H]. The first-order chi connectivity index (χ1) is 8.36. The molecule has 0 spiro atoms. The first-order valence-electron chi connectivity index (χ1n) is 6.72. The van der Waals surface area contributed by atoms with E-state index in [9.17, 15) is 4.79 Å². The van der Waals surface area contributed by atoms with E-state index >= 15 is 0 Å². The third kappa shape index (κ3) is 2.31. The lowest BCUT2D eigenvalue weighted by Gasteiger charge is -2.18. The number of hydrogen-bond donors (Lipinski definition) is 0. The van der Waals surface area contributed by atoms with Crippen molar-refractivity contribution in [3.63, 3.8) is 0 Å². The number of rotatable bonds is 3. The first kappa shape index (κ1) is 4.80. The summed E-state index contributed by atoms with van der Waals surface area (Å²) in [6.45, 7) is 4.41. The maximum atomic E-state index is 12.1. The van der Waals surface area contributed by atoms with Crippen LogP contribution in [0.5, 0.6) is 0 Å². The van der Waals surface area contributed by atoms with Crippen molar-refractivity contribution in [3.8, 4) is 0 Å². The first-order valence-corrected chi connectivity index (χ1v) is 4.22. The van der Waals surface area contributed by atoms with Gasteiger partial charge < -0.3 is 4.90 Å². The summed E-state index contributed by atoms with van der Waals surface area (Å²) in [4.78, 5) is 13.5. The van der Waals surface area contributed by atoms with Gasteiger partial charge in [0.25, 0.3) is 5.91 Å². The lowest BCUT2D eigenvalue weighted by Crippen LogP contribution is -2.30. The van der Waals surface area contributed by atoms with Gasteiger partial charge in [-0.25, -0.2) is 0 Å². The topological polar surface area (TPSA) is 20.3 Å². The van der Waals surface area contributed by atoms with E-state index < -0.39 is 36.1 Å². The molecular formula is C11H15NO. The van der Waals surface area contributed by atoms with Crippen molar-refractivity contribution in [2.24, 2.45) is 0 Å². The van der Waals surface area contributed by atoms with E-state index in [1.54, 1.807) is 13.8 Å². The number of carbonyl (C=O) groups excluding carboxylic acids is 1. The van der Waals surface area contributed by atoms with Gasteiger partial charge in [0.2, 0.25) is 0 Å². The van der Waals surface area contributed by atoms with E-state index in [2.05, 4.69) is 0 Å². The van der Waals surface area contributed by atoms with Gasteiger partial charge in [0, 0.05) is 18.7 Å². The van der Waals surface area contributed by atoms with Crippen molar-refractivity contribution in [1.29, 1.82) is 0 Å². The van der Waals surface area contributed by atoms with E-state index in [4.69, 9.17) is 6.85 Å². The molecule has 2 heteroatoms. The highest BCUT2D eigenvalue weighted by Gasteiger charge is 2.10. The lowest BCUT2D eigenvalue weighted by atomic mass is 10.2. The predicted octanol–water partition coefficient (Wildman–Crippen LogP) is 2.17. The molecule has 0 fully saturated rings. The van der Waals surface area contributed by atoms with Crippen LogP contribution in [0, 0.1) is 0 Å². The van der Waals surface area contributed by atoms with Crippen molar-refractivity contribution in [2.75, 3.05) is 13.1 Å². The van der Waals surface area contributed by atoms with Gasteiger partial charge in [-0.15, -0.1) is 0 Å². The Morgan fingerprint density at radius 3 is 2.31 bits per heavy atom. The van der Waals surface area contributed by atoms with Crippen LogP contribution in [0.4, 0.5) is 0 Å². The number of nitrogens with zero attached hydrogens (tertiary/aromatic N) is 1. The second-order valence-corrected chi connectivity index (χ2v) is 2.48. The Labute approximate surface area is 86.2 Å². The highest BCUT2D eigenvalue weighted by Crippen LogP contribution is 2.03. The Kier molecular flexibility index (Phi) is 1.72. The fourth-order valence-electron chi connectivity index (χ4n) is 1.03. The standard InChI is InChI=1S/C11H15NO/c1-3-12(4-2)11(13)10-8-6-5-7-9-10/h5-9H,3-4H2,1-2H3/i5D,6D,7D,8D,9D. The summed E-state index contributed by atoms with van der Waals surface area (Å²) in [7, 11) is 0. The highest BCUT2D eigenvalue weighted by atomic mass is 16.2. The van der Waals surface area contributed by atoms with Gasteiger partial charge in [-0.05, 0) is 25.9 Å². The number of benzene rings is 1. The molecule has 1 rings (SSSR count). The Balaban J connectivity index is 3.46. The van der Waals surface area contributed by atoms with Gasteiger partial charge in [0.1, 0.15) is 0 Å². The minimum absolute atomic E-state index is 0.260. The molecule has 0 aliphatic carbocycles. The number of carbonyl (C=O) groups is 1. The average Bonchev–Trinajstić information content (AvgIpc) is 2.36. The van der Waals surface area contributed by atoms with Gasteiger partial charge in [-0.3, -0.25) is 4.79 Å². The number of amides is 1. The zero-order chi connectivity index (χ0) is 14.0. The summed E-state index contributed by atoms with van der Waals surface area (Å²) in [5.41, 5.74) is -0.260. The Morgan fingerprint density at radius 1 is 1.31 bits per heavy atom. The molecule has 0 atom stereocenters. The van der Waals surface area contributed by atoms with Gasteiger partial charge in [-0.2, -0.15) is 0 Å². The average molecular weight is 182 g/mol. The smallest absolute Gasteiger partial charge is 0.253 e. The summed E-state index contributed by atoms with van der Waals surface area (Å²) in [5, 5.41) is 0. The minimum Gasteiger partial charge on any atom is -0.339 e. The van der Waals surface area contributed by atoms with Gasteiger partial charge >= 0.3 is 0 Å². The van der Waals surface area contributed by atoms with Crippen LogP contribution in [-0.2, 0) is 0 Å². The van der Waals surface area contributed by atoms with Crippen LogP contribution in [0.25, 0.3) is 0 Å². The normalized spacial score (nSPS) is 15.1. The van der Waals surface area contributed by atoms with Crippen molar-refractivity contribution < 1.29 is 11.6 Å². The van der Waals surface area contributed by atoms with Crippen LogP contribution in [0.2, 0.25) is 0 Å². The Bertz CT molecular complexity index is 456. The molecule has 0 heterocycles. The van der Waals surface area contributed by atoms with Gasteiger partial charge in [0.05, 0.1) is 6.85 Å². The minimum atomic E-state index is -0.531. The summed E-state index contributed by atoms with van der Waals surface area (Å²) in [6.07, 6.45) is 0. The van der Waals surface area contributed by atoms with E-state index in [0.717, 1.165) is 0 Å². The fraction of sp³-hybridized carbons (Fsp3) is 0.364. The highest BCUT2D eigenvalue weighted by molar-refractivity contribution is 5.94. The Morgan fingerprint density at radius 2 is 1.85 bits per heavy atom. The third-order valence-corrected chi connectivity index (χ3v) is 1.76. The predicted molar refractivity (Wildman–Crippen MR) is 53.7 cm³/mol.